The van der Waals surface area contributed by atoms with Crippen molar-refractivity contribution in [3.8, 4) is 5.75 Å². The first kappa shape index (κ1) is 37.9. The number of phenols is 1. The number of benzene rings is 3. The zero-order valence-corrected chi connectivity index (χ0v) is 30.5. The molecular weight excluding hydrogens is 716 g/mol. The van der Waals surface area contributed by atoms with Gasteiger partial charge in [-0.15, -0.1) is 0 Å². The van der Waals surface area contributed by atoms with E-state index in [1.54, 1.807) is 30.3 Å². The Balaban J connectivity index is 1.46. The molecule has 3 amide bonds. The molecule has 0 spiro atoms. The summed E-state index contributed by atoms with van der Waals surface area (Å²) in [6, 6.07) is 13.9. The van der Waals surface area contributed by atoms with Crippen molar-refractivity contribution in [1.29, 1.82) is 0 Å². The van der Waals surface area contributed by atoms with Crippen LogP contribution in [-0.2, 0) is 40.2 Å². The molecule has 3 aromatic carbocycles. The van der Waals surface area contributed by atoms with Gasteiger partial charge in [0.25, 0.3) is 0 Å². The van der Waals surface area contributed by atoms with Crippen LogP contribution in [0.5, 0.6) is 5.75 Å². The fourth-order valence-electron chi connectivity index (χ4n) is 6.35. The molecule has 0 radical (unpaired) electrons. The second-order valence-corrected chi connectivity index (χ2v) is 14.3. The minimum Gasteiger partial charge on any atom is -0.508 e. The molecule has 10 nitrogen and oxygen atoms in total. The van der Waals surface area contributed by atoms with Gasteiger partial charge in [0.2, 0.25) is 11.8 Å². The first-order valence-corrected chi connectivity index (χ1v) is 17.8. The Morgan fingerprint density at radius 1 is 1.12 bits per heavy atom. The van der Waals surface area contributed by atoms with Gasteiger partial charge in [-0.25, -0.2) is 9.18 Å². The van der Waals surface area contributed by atoms with Crippen LogP contribution in [-0.4, -0.2) is 50.6 Å². The Morgan fingerprint density at radius 3 is 2.53 bits per heavy atom. The number of aromatic amines is 1. The molecule has 0 saturated heterocycles. The number of ether oxygens (including phenoxy) is 1. The minimum atomic E-state index is -1.50. The first-order chi connectivity index (χ1) is 24.3. The molecule has 14 heteroatoms. The number of amides is 3. The first-order valence-electron chi connectivity index (χ1n) is 16.7. The highest BCUT2D eigenvalue weighted by atomic mass is 35.5. The number of fused-ring (bicyclic) bond motifs is 3. The Morgan fingerprint density at radius 2 is 1.84 bits per heavy atom. The van der Waals surface area contributed by atoms with Crippen LogP contribution in [0.1, 0.15) is 55.5 Å². The monoisotopic (exact) mass is 755 g/mol. The summed E-state index contributed by atoms with van der Waals surface area (Å²) >= 11 is 18.3. The molecule has 1 aliphatic carbocycles. The van der Waals surface area contributed by atoms with E-state index in [1.807, 2.05) is 13.8 Å². The van der Waals surface area contributed by atoms with Crippen LogP contribution in [0.15, 0.2) is 60.7 Å². The van der Waals surface area contributed by atoms with E-state index < -0.39 is 41.3 Å². The molecule has 0 bridgehead atoms. The third-order valence-corrected chi connectivity index (χ3v) is 10.3. The molecule has 270 valence electrons. The number of alkyl carbamates (subject to hydrolysis) is 1. The van der Waals surface area contributed by atoms with Gasteiger partial charge in [-0.2, -0.15) is 0 Å². The Kier molecular flexibility index (Phi) is 12.1. The molecule has 0 saturated carbocycles. The smallest absolute Gasteiger partial charge is 0.408 e. The van der Waals surface area contributed by atoms with Crippen LogP contribution < -0.4 is 21.7 Å². The van der Waals surface area contributed by atoms with Crippen molar-refractivity contribution in [1.82, 2.24) is 20.9 Å². The number of aromatic nitrogens is 1. The summed E-state index contributed by atoms with van der Waals surface area (Å²) in [5.74, 6) is -1.67. The average molecular weight is 757 g/mol. The van der Waals surface area contributed by atoms with Crippen molar-refractivity contribution in [2.45, 2.75) is 76.6 Å². The molecule has 1 heterocycles. The van der Waals surface area contributed by atoms with Gasteiger partial charge in [0.1, 0.15) is 29.8 Å². The van der Waals surface area contributed by atoms with Crippen molar-refractivity contribution in [3.05, 3.63) is 98.9 Å². The molecule has 1 aliphatic rings. The van der Waals surface area contributed by atoms with Crippen LogP contribution in [0.25, 0.3) is 10.9 Å². The van der Waals surface area contributed by atoms with E-state index in [0.717, 1.165) is 22.2 Å². The molecule has 1 unspecified atom stereocenters. The van der Waals surface area contributed by atoms with Crippen molar-refractivity contribution >= 4 is 69.2 Å². The topological polar surface area (TPSA) is 159 Å². The fraction of sp³-hybridized carbons (Fsp3) is 0.351. The van der Waals surface area contributed by atoms with E-state index >= 15 is 0 Å². The largest absolute Gasteiger partial charge is 0.508 e. The van der Waals surface area contributed by atoms with Gasteiger partial charge in [-0.1, -0.05) is 86.0 Å². The number of aromatic hydroxyl groups is 1. The number of thiocarbonyl (C=S) groups is 1. The maximum Gasteiger partial charge on any atom is 0.408 e. The molecular formula is C37H40Cl2FN5O5S. The molecule has 4 atom stereocenters. The maximum atomic E-state index is 14.5. The summed E-state index contributed by atoms with van der Waals surface area (Å²) in [6.07, 6.45) is 0.819. The second-order valence-electron chi connectivity index (χ2n) is 12.9. The van der Waals surface area contributed by atoms with E-state index in [1.165, 1.54) is 30.3 Å². The fourth-order valence-corrected chi connectivity index (χ4v) is 7.18. The van der Waals surface area contributed by atoms with Crippen molar-refractivity contribution < 1.29 is 28.6 Å². The van der Waals surface area contributed by atoms with Crippen LogP contribution in [0.4, 0.5) is 9.18 Å². The van der Waals surface area contributed by atoms with Crippen LogP contribution in [0, 0.1) is 11.7 Å². The van der Waals surface area contributed by atoms with Gasteiger partial charge in [-0.3, -0.25) is 9.59 Å². The summed E-state index contributed by atoms with van der Waals surface area (Å²) in [5, 5.41) is 19.9. The van der Waals surface area contributed by atoms with Crippen LogP contribution in [0.2, 0.25) is 10.0 Å². The Bertz CT molecular complexity index is 1940. The summed E-state index contributed by atoms with van der Waals surface area (Å²) < 4.78 is 19.5. The zero-order valence-electron chi connectivity index (χ0n) is 28.2. The highest BCUT2D eigenvalue weighted by Crippen LogP contribution is 2.38. The van der Waals surface area contributed by atoms with E-state index in [0.29, 0.717) is 34.8 Å². The zero-order chi connectivity index (χ0) is 36.9. The number of phenolic OH excluding ortho intramolecular Hbond substituents is 1. The lowest BCUT2D eigenvalue weighted by atomic mass is 9.78. The van der Waals surface area contributed by atoms with E-state index in [4.69, 9.17) is 45.9 Å². The summed E-state index contributed by atoms with van der Waals surface area (Å²) in [5.41, 5.74) is 7.84. The Hall–Kier alpha value is -4.39. The number of hydrogen-bond donors (Lipinski definition) is 6. The van der Waals surface area contributed by atoms with Gasteiger partial charge in [-0.05, 0) is 73.1 Å². The quantitative estimate of drug-likeness (QED) is 0.0861. The normalized spacial score (nSPS) is 17.1. The number of H-pyrrole nitrogens is 1. The van der Waals surface area contributed by atoms with Gasteiger partial charge in [0.05, 0.1) is 21.6 Å². The predicted molar refractivity (Wildman–Crippen MR) is 199 cm³/mol. The van der Waals surface area contributed by atoms with Crippen molar-refractivity contribution in [3.63, 3.8) is 0 Å². The van der Waals surface area contributed by atoms with Crippen LogP contribution >= 0.6 is 35.4 Å². The summed E-state index contributed by atoms with van der Waals surface area (Å²) in [4.78, 5) is 45.3. The van der Waals surface area contributed by atoms with Gasteiger partial charge in [0, 0.05) is 28.1 Å². The highest BCUT2D eigenvalue weighted by molar-refractivity contribution is 7.80. The lowest BCUT2D eigenvalue weighted by molar-refractivity contribution is -0.135. The minimum absolute atomic E-state index is 0.0730. The molecule has 7 N–H and O–H groups in total. The maximum absolute atomic E-state index is 14.5. The third-order valence-electron chi connectivity index (χ3n) is 9.49. The van der Waals surface area contributed by atoms with E-state index in [-0.39, 0.29) is 48.1 Å². The van der Waals surface area contributed by atoms with Gasteiger partial charge in [0.15, 0.2) is 0 Å². The van der Waals surface area contributed by atoms with Crippen LogP contribution in [0.3, 0.4) is 0 Å². The summed E-state index contributed by atoms with van der Waals surface area (Å²) in [6.45, 7) is 3.53. The van der Waals surface area contributed by atoms with Crippen molar-refractivity contribution in [2.75, 3.05) is 0 Å². The molecule has 51 heavy (non-hydrogen) atoms. The second kappa shape index (κ2) is 16.3. The van der Waals surface area contributed by atoms with Gasteiger partial charge < -0.3 is 36.5 Å². The van der Waals surface area contributed by atoms with Gasteiger partial charge >= 0.3 is 6.09 Å². The SMILES string of the molecule is CCC(C)[C@H](NC(=O)[C@@]1(NC(=O)[C@H](CCc2ccc(O)cc2)NC(=O)OCc2ccccc2F)CCc2[nH]c3c(Cl)cc(Cl)cc3c2C1)C(N)=S. The number of hydrogen-bond acceptors (Lipinski definition) is 6. The number of carbonyl (C=O) groups excluding carboxylic acids is 3. The number of nitrogens with two attached hydrogens (primary N) is 1. The van der Waals surface area contributed by atoms with Crippen molar-refractivity contribution in [2.24, 2.45) is 11.7 Å². The lowest BCUT2D eigenvalue weighted by Crippen LogP contribution is -2.66. The molecule has 0 fully saturated rings. The molecule has 1 aromatic heterocycles. The number of rotatable bonds is 13. The Labute approximate surface area is 310 Å². The lowest BCUT2D eigenvalue weighted by Gasteiger charge is -2.39. The standard InChI is InChI=1S/C37H40Cl2FN5O5S/c1-3-20(2)31(33(41)51)44-35(48)37(15-14-29-26(18-37)25-16-23(38)17-27(39)32(25)42-29)45-34(47)30(13-10-21-8-11-24(46)12-9-21)43-36(49)50-19-22-6-4-5-7-28(22)40/h4-9,11-12,16-17,20,30-31,42,46H,3,10,13-15,18-19H2,1-2H3,(H2,41,51)(H,43,49)(H,44,48)(H,45,47)/t20?,30-,31-,37+/m0/s1. The predicted octanol–water partition coefficient (Wildman–Crippen LogP) is 6.41. The average Bonchev–Trinajstić information content (AvgIpc) is 3.46. The number of aryl methyl sites for hydroxylation is 2. The third kappa shape index (κ3) is 8.92. The highest BCUT2D eigenvalue weighted by Gasteiger charge is 2.46. The number of halogens is 3. The van der Waals surface area contributed by atoms with E-state index in [2.05, 4.69) is 20.9 Å². The summed E-state index contributed by atoms with van der Waals surface area (Å²) in [7, 11) is 0. The number of carbonyl (C=O) groups is 3. The molecule has 4 aromatic rings. The molecule has 5 rings (SSSR count). The van der Waals surface area contributed by atoms with E-state index in [9.17, 15) is 23.9 Å². The molecule has 0 aliphatic heterocycles. The number of nitrogens with one attached hydrogen (secondary N) is 4.